The van der Waals surface area contributed by atoms with Gasteiger partial charge in [0.2, 0.25) is 0 Å². The number of thiophene rings is 2. The minimum atomic E-state index is 0.584. The third kappa shape index (κ3) is 34.6. The topological polar surface area (TPSA) is 90.3 Å². The summed E-state index contributed by atoms with van der Waals surface area (Å²) in [5.41, 5.74) is 13.2. The maximum Gasteiger partial charge on any atom is 0.0950 e. The molecule has 0 spiro atoms. The lowest BCUT2D eigenvalue weighted by Gasteiger charge is -2.04. The second kappa shape index (κ2) is 43.6. The largest absolute Gasteiger partial charge is 0.472 e. The van der Waals surface area contributed by atoms with E-state index in [4.69, 9.17) is 4.42 Å². The Morgan fingerprint density at radius 3 is 1.42 bits per heavy atom. The number of hydrogen-bond acceptors (Lipinski definition) is 11. The highest BCUT2D eigenvalue weighted by Gasteiger charge is 2.03. The van der Waals surface area contributed by atoms with Gasteiger partial charge in [0, 0.05) is 106 Å². The lowest BCUT2D eigenvalue weighted by molar-refractivity contribution is 0.562. The number of rotatable bonds is 10. The smallest absolute Gasteiger partial charge is 0.0950 e. The van der Waals surface area contributed by atoms with Gasteiger partial charge < -0.3 is 18.5 Å². The number of hydrogen-bond donors (Lipinski definition) is 1. The third-order valence-electron chi connectivity index (χ3n) is 12.3. The van der Waals surface area contributed by atoms with Gasteiger partial charge in [0.15, 0.2) is 0 Å². The molecule has 0 amide bonds. The summed E-state index contributed by atoms with van der Waals surface area (Å²) in [5, 5.41) is 11.7. The highest BCUT2D eigenvalue weighted by Crippen LogP contribution is 2.24. The molecule has 0 atom stereocenters. The molecule has 10 heterocycles. The minimum absolute atomic E-state index is 0.584. The Morgan fingerprint density at radius 2 is 1.18 bits per heavy atom. The molecule has 0 saturated heterocycles. The third-order valence-corrected chi connectivity index (χ3v) is 17.6. The van der Waals surface area contributed by atoms with Crippen LogP contribution in [0.3, 0.4) is 0 Å². The van der Waals surface area contributed by atoms with Gasteiger partial charge in [-0.15, -0.1) is 45.3 Å². The van der Waals surface area contributed by atoms with Gasteiger partial charge in [0.25, 0.3) is 0 Å². The lowest BCUT2D eigenvalue weighted by atomic mass is 10.1. The van der Waals surface area contributed by atoms with Crippen LogP contribution >= 0.6 is 68.2 Å². The van der Waals surface area contributed by atoms with Gasteiger partial charge in [-0.3, -0.25) is 4.98 Å². The van der Waals surface area contributed by atoms with Crippen molar-refractivity contribution in [2.24, 2.45) is 14.1 Å². The molecule has 10 rings (SSSR count). The fraction of sp³-hybridized carbons (Fsp3) is 0.478. The monoisotopic (exact) mass is 1240 g/mol. The molecule has 458 valence electrons. The van der Waals surface area contributed by atoms with Gasteiger partial charge in [0.1, 0.15) is 0 Å². The van der Waals surface area contributed by atoms with Gasteiger partial charge in [0.05, 0.1) is 34.2 Å². The molecule has 14 heteroatoms. The molecule has 0 saturated carbocycles. The zero-order valence-corrected chi connectivity index (χ0v) is 59.6. The van der Waals surface area contributed by atoms with Crippen molar-refractivity contribution in [3.05, 3.63) is 207 Å². The lowest BCUT2D eigenvalue weighted by Crippen LogP contribution is -1.95. The molecule has 0 bridgehead atoms. The van der Waals surface area contributed by atoms with Crippen LogP contribution in [0, 0.1) is 6.92 Å². The van der Waals surface area contributed by atoms with Crippen molar-refractivity contribution >= 4 is 68.2 Å². The first kappa shape index (κ1) is 76.1. The molecule has 10 aromatic rings. The highest BCUT2D eigenvalue weighted by molar-refractivity contribution is 7.12. The maximum absolute atomic E-state index is 4.88. The van der Waals surface area contributed by atoms with Crippen LogP contribution in [0.2, 0.25) is 0 Å². The number of furan rings is 1. The molecule has 0 unspecified atom stereocenters. The number of aryl methyl sites for hydroxylation is 3. The minimum Gasteiger partial charge on any atom is -0.472 e. The van der Waals surface area contributed by atoms with Gasteiger partial charge >= 0.3 is 0 Å². The Morgan fingerprint density at radius 1 is 0.518 bits per heavy atom. The van der Waals surface area contributed by atoms with Crippen LogP contribution < -0.4 is 0 Å². The van der Waals surface area contributed by atoms with Crippen LogP contribution in [0.1, 0.15) is 256 Å². The molecule has 0 aliphatic rings. The number of aromatic nitrogens is 7. The van der Waals surface area contributed by atoms with E-state index in [1.165, 1.54) is 70.4 Å². The molecule has 0 aromatic carbocycles. The molecular formula is C69H105N7OS6. The van der Waals surface area contributed by atoms with E-state index < -0.39 is 0 Å². The first-order valence-corrected chi connectivity index (χ1v) is 34.6. The van der Waals surface area contributed by atoms with E-state index in [-0.39, 0.29) is 0 Å². The van der Waals surface area contributed by atoms with Crippen LogP contribution in [0.4, 0.5) is 0 Å². The average Bonchev–Trinajstić information content (AvgIpc) is 4.28. The summed E-state index contributed by atoms with van der Waals surface area (Å²) < 4.78 is 13.1. The van der Waals surface area contributed by atoms with Gasteiger partial charge in [-0.25, -0.2) is 14.3 Å². The predicted octanol–water partition coefficient (Wildman–Crippen LogP) is 24.0. The van der Waals surface area contributed by atoms with Crippen molar-refractivity contribution in [3.8, 4) is 0 Å². The van der Waals surface area contributed by atoms with Crippen LogP contribution in [0.25, 0.3) is 0 Å². The van der Waals surface area contributed by atoms with E-state index in [0.717, 1.165) is 0 Å². The van der Waals surface area contributed by atoms with Crippen LogP contribution in [0.5, 0.6) is 0 Å². The number of H-pyrrole nitrogens is 1. The number of aromatic amines is 1. The van der Waals surface area contributed by atoms with Crippen molar-refractivity contribution in [2.45, 2.75) is 205 Å². The summed E-state index contributed by atoms with van der Waals surface area (Å²) >= 11 is 10.3. The summed E-state index contributed by atoms with van der Waals surface area (Å²) in [4.78, 5) is 19.5. The second-order valence-electron chi connectivity index (χ2n) is 23.1. The van der Waals surface area contributed by atoms with E-state index in [1.807, 2.05) is 71.8 Å². The first-order valence-electron chi connectivity index (χ1n) is 29.3. The van der Waals surface area contributed by atoms with E-state index in [9.17, 15) is 0 Å². The van der Waals surface area contributed by atoms with E-state index in [2.05, 4.69) is 268 Å². The molecule has 1 N–H and O–H groups in total. The standard InChI is InChI=1S/2C8H13N.C8H12S.C7H11N.C7H10O.C7H10S.4C6H9NS/c1-7(2)8-4-5-9(3)6-8;1-7(2)8-5-4-6-9(8)3;1-6(2)8-5-4-7(3)9-8;3*1-6(2)7-3-4-8-5-7;1-5(2)6-3-8-4-7-6;1-5(2)6-3-7-4-8-6;1-5(2)6-3-7-8-4-6;1-5(2)6-7-3-4-8-6/h2*4-7H,1-3H3;4-6H,1-3H3;3-6,8H,1-2H3;2*3-6H,1-2H3;4*3-5H,1-2H3. The zero-order valence-electron chi connectivity index (χ0n) is 54.7. The fourth-order valence-corrected chi connectivity index (χ4v) is 11.1. The maximum atomic E-state index is 4.88. The van der Waals surface area contributed by atoms with Crippen LogP contribution in [0.15, 0.2) is 153 Å². The van der Waals surface area contributed by atoms with E-state index >= 15 is 0 Å². The first-order chi connectivity index (χ1) is 39.2. The molecular weight excluding hydrogens is 1140 g/mol. The normalized spacial score (nSPS) is 10.5. The molecule has 0 fully saturated rings. The summed E-state index contributed by atoms with van der Waals surface area (Å²) in [6.07, 6.45) is 19.5. The molecule has 10 aromatic heterocycles. The molecule has 83 heavy (non-hydrogen) atoms. The molecule has 0 aliphatic heterocycles. The van der Waals surface area contributed by atoms with Gasteiger partial charge in [-0.2, -0.15) is 11.3 Å². The van der Waals surface area contributed by atoms with Crippen molar-refractivity contribution in [1.82, 2.24) is 33.4 Å². The van der Waals surface area contributed by atoms with Crippen molar-refractivity contribution in [2.75, 3.05) is 0 Å². The van der Waals surface area contributed by atoms with Crippen LogP contribution in [-0.4, -0.2) is 33.4 Å². The van der Waals surface area contributed by atoms with Crippen molar-refractivity contribution in [1.29, 1.82) is 0 Å². The SMILES string of the molecule is CC(C)c1cc[nH]c1.CC(C)c1cccn1C.CC(C)c1ccn(C)c1.CC(C)c1ccoc1.CC(C)c1ccsc1.CC(C)c1cncs1.CC(C)c1cnsc1.CC(C)c1cscn1.CC(C)c1nccs1.Cc1ccc(C(C)C)s1. The zero-order chi connectivity index (χ0) is 62.4. The van der Waals surface area contributed by atoms with E-state index in [1.54, 1.807) is 57.9 Å². The Labute approximate surface area is 528 Å². The molecule has 8 nitrogen and oxygen atoms in total. The highest BCUT2D eigenvalue weighted by atomic mass is 32.1. The van der Waals surface area contributed by atoms with E-state index in [0.29, 0.717) is 59.2 Å². The van der Waals surface area contributed by atoms with Crippen molar-refractivity contribution < 1.29 is 4.42 Å². The summed E-state index contributed by atoms with van der Waals surface area (Å²) in [6, 6.07) is 17.1. The number of nitrogens with one attached hydrogen (secondary N) is 1. The summed E-state index contributed by atoms with van der Waals surface area (Å²) in [5.74, 6) is 6.39. The Balaban J connectivity index is 0.000000461. The van der Waals surface area contributed by atoms with Gasteiger partial charge in [-0.1, -0.05) is 138 Å². The Hall–Kier alpha value is -4.96. The summed E-state index contributed by atoms with van der Waals surface area (Å²) in [6.45, 7) is 45.8. The predicted molar refractivity (Wildman–Crippen MR) is 373 cm³/mol. The number of thiazole rings is 3. The Kier molecular flexibility index (Phi) is 40.0. The Bertz CT molecular complexity index is 2470. The number of nitrogens with zero attached hydrogens (tertiary/aromatic N) is 6. The van der Waals surface area contributed by atoms with Gasteiger partial charge in [-0.05, 0) is 159 Å². The fourth-order valence-electron chi connectivity index (χ4n) is 6.64. The summed E-state index contributed by atoms with van der Waals surface area (Å²) in [7, 11) is 4.13. The van der Waals surface area contributed by atoms with Crippen molar-refractivity contribution in [3.63, 3.8) is 0 Å². The second-order valence-corrected chi connectivity index (χ2v) is 28.4. The molecule has 0 aliphatic carbocycles. The molecule has 0 radical (unpaired) electrons. The quantitative estimate of drug-likeness (QED) is 0.147. The average molecular weight is 1240 g/mol. The van der Waals surface area contributed by atoms with Crippen LogP contribution in [-0.2, 0) is 14.1 Å².